The minimum Gasteiger partial charge on any atom is -0.493 e. The highest BCUT2D eigenvalue weighted by atomic mass is 16.5. The van der Waals surface area contributed by atoms with E-state index < -0.39 is 0 Å². The van der Waals surface area contributed by atoms with Crippen LogP contribution < -0.4 is 4.74 Å². The number of carbonyl (C=O) groups is 1. The molecular formula is C21H18N2O3. The van der Waals surface area contributed by atoms with E-state index in [1.54, 1.807) is 13.4 Å². The average Bonchev–Trinajstić information content (AvgIpc) is 3.30. The Morgan fingerprint density at radius 3 is 2.92 bits per heavy atom. The van der Waals surface area contributed by atoms with Crippen molar-refractivity contribution in [2.45, 2.75) is 25.3 Å². The zero-order chi connectivity index (χ0) is 17.7. The number of benzene rings is 2. The van der Waals surface area contributed by atoms with Crippen LogP contribution in [-0.2, 0) is 6.54 Å². The summed E-state index contributed by atoms with van der Waals surface area (Å²) in [6.07, 6.45) is 4.01. The summed E-state index contributed by atoms with van der Waals surface area (Å²) >= 11 is 0. The first-order valence-corrected chi connectivity index (χ1v) is 8.78. The first-order valence-electron chi connectivity index (χ1n) is 8.78. The van der Waals surface area contributed by atoms with Crippen LogP contribution in [0.25, 0.3) is 22.0 Å². The molecule has 0 unspecified atom stereocenters. The molecule has 0 amide bonds. The smallest absolute Gasteiger partial charge is 0.183 e. The highest BCUT2D eigenvalue weighted by molar-refractivity contribution is 6.08. The predicted octanol–water partition coefficient (Wildman–Crippen LogP) is 4.55. The van der Waals surface area contributed by atoms with Crippen LogP contribution in [0.4, 0.5) is 0 Å². The number of hydrogen-bond donors (Lipinski definition) is 0. The molecule has 1 aliphatic rings. The molecule has 26 heavy (non-hydrogen) atoms. The molecule has 0 N–H and O–H groups in total. The minimum absolute atomic E-state index is 0.0314. The average molecular weight is 346 g/mol. The van der Waals surface area contributed by atoms with E-state index in [0.717, 1.165) is 35.0 Å². The van der Waals surface area contributed by atoms with Gasteiger partial charge in [-0.3, -0.25) is 4.79 Å². The van der Waals surface area contributed by atoms with Crippen LogP contribution in [0.15, 0.2) is 53.2 Å². The Bertz CT molecular complexity index is 1130. The second-order valence-electron chi connectivity index (χ2n) is 6.77. The van der Waals surface area contributed by atoms with Gasteiger partial charge in [-0.25, -0.2) is 4.98 Å². The fourth-order valence-electron chi connectivity index (χ4n) is 3.47. The second kappa shape index (κ2) is 5.73. The minimum atomic E-state index is 0.0314. The Balaban J connectivity index is 1.56. The molecule has 5 heteroatoms. The van der Waals surface area contributed by atoms with Crippen molar-refractivity contribution in [1.29, 1.82) is 0 Å². The van der Waals surface area contributed by atoms with Crippen LogP contribution in [-0.4, -0.2) is 22.4 Å². The highest BCUT2D eigenvalue weighted by Gasteiger charge is 2.29. The van der Waals surface area contributed by atoms with E-state index in [0.29, 0.717) is 22.8 Å². The van der Waals surface area contributed by atoms with Crippen molar-refractivity contribution >= 4 is 27.8 Å². The van der Waals surface area contributed by atoms with E-state index in [4.69, 9.17) is 9.15 Å². The molecule has 2 heterocycles. The van der Waals surface area contributed by atoms with Crippen LogP contribution in [0.2, 0.25) is 0 Å². The summed E-state index contributed by atoms with van der Waals surface area (Å²) in [6.45, 7) is 0.242. The lowest BCUT2D eigenvalue weighted by Crippen LogP contribution is -2.10. The number of hydrogen-bond acceptors (Lipinski definition) is 4. The number of imidazole rings is 1. The quantitative estimate of drug-likeness (QED) is 0.497. The molecule has 1 saturated carbocycles. The first kappa shape index (κ1) is 15.2. The monoisotopic (exact) mass is 346 g/mol. The van der Waals surface area contributed by atoms with Gasteiger partial charge in [0, 0.05) is 16.9 Å². The van der Waals surface area contributed by atoms with Crippen molar-refractivity contribution in [3.8, 4) is 5.75 Å². The molecule has 2 aromatic heterocycles. The molecule has 0 radical (unpaired) electrons. The van der Waals surface area contributed by atoms with E-state index in [-0.39, 0.29) is 12.3 Å². The standard InChI is InChI=1S/C21H18N2O3/c1-25-19-9-8-14(15-10-20(13-6-7-13)26-21(15)19)18(24)11-23-12-22-16-4-2-3-5-17(16)23/h2-5,8-10,12-13H,6-7,11H2,1H3. The number of Topliss-reactive ketones (excluding diaryl/α,β-unsaturated/α-hetero) is 1. The lowest BCUT2D eigenvalue weighted by molar-refractivity contribution is 0.0975. The lowest BCUT2D eigenvalue weighted by atomic mass is 10.0. The molecule has 5 rings (SSSR count). The molecule has 0 saturated heterocycles. The molecular weight excluding hydrogens is 328 g/mol. The third-order valence-electron chi connectivity index (χ3n) is 5.01. The first-order chi connectivity index (χ1) is 12.7. The van der Waals surface area contributed by atoms with Crippen LogP contribution in [0, 0.1) is 0 Å². The molecule has 4 aromatic rings. The number of ether oxygens (including phenoxy) is 1. The summed E-state index contributed by atoms with van der Waals surface area (Å²) in [7, 11) is 1.62. The van der Waals surface area contributed by atoms with Crippen molar-refractivity contribution in [2.75, 3.05) is 7.11 Å². The third kappa shape index (κ3) is 2.39. The Labute approximate surface area is 150 Å². The van der Waals surface area contributed by atoms with Crippen LogP contribution in [0.3, 0.4) is 0 Å². The van der Waals surface area contributed by atoms with Gasteiger partial charge >= 0.3 is 0 Å². The van der Waals surface area contributed by atoms with Crippen molar-refractivity contribution < 1.29 is 13.9 Å². The Morgan fingerprint density at radius 1 is 1.27 bits per heavy atom. The molecule has 0 aliphatic heterocycles. The summed E-state index contributed by atoms with van der Waals surface area (Å²) in [5.74, 6) is 2.12. The highest BCUT2D eigenvalue weighted by Crippen LogP contribution is 2.44. The normalized spacial score (nSPS) is 14.2. The fraction of sp³-hybridized carbons (Fsp3) is 0.238. The maximum absolute atomic E-state index is 13.0. The zero-order valence-electron chi connectivity index (χ0n) is 14.4. The summed E-state index contributed by atoms with van der Waals surface area (Å²) in [5, 5.41) is 0.834. The molecule has 130 valence electrons. The lowest BCUT2D eigenvalue weighted by Gasteiger charge is -2.07. The van der Waals surface area contributed by atoms with Crippen LogP contribution >= 0.6 is 0 Å². The molecule has 1 aliphatic carbocycles. The summed E-state index contributed by atoms with van der Waals surface area (Å²) in [5.41, 5.74) is 3.17. The van der Waals surface area contributed by atoms with E-state index in [1.807, 2.05) is 47.0 Å². The van der Waals surface area contributed by atoms with Crippen molar-refractivity contribution in [1.82, 2.24) is 9.55 Å². The SMILES string of the molecule is COc1ccc(C(=O)Cn2cnc3ccccc32)c2cc(C3CC3)oc12. The molecule has 0 spiro atoms. The van der Waals surface area contributed by atoms with Gasteiger partial charge in [0.15, 0.2) is 17.1 Å². The van der Waals surface area contributed by atoms with E-state index in [2.05, 4.69) is 4.98 Å². The molecule has 5 nitrogen and oxygen atoms in total. The number of carbonyl (C=O) groups excluding carboxylic acids is 1. The summed E-state index contributed by atoms with van der Waals surface area (Å²) in [6, 6.07) is 13.5. The van der Waals surface area contributed by atoms with Crippen LogP contribution in [0.5, 0.6) is 5.75 Å². The number of aromatic nitrogens is 2. The van der Waals surface area contributed by atoms with Gasteiger partial charge in [0.2, 0.25) is 0 Å². The van der Waals surface area contributed by atoms with Gasteiger partial charge in [-0.2, -0.15) is 0 Å². The Kier molecular flexibility index (Phi) is 3.35. The van der Waals surface area contributed by atoms with Crippen molar-refractivity contribution in [2.24, 2.45) is 0 Å². The van der Waals surface area contributed by atoms with E-state index in [1.165, 1.54) is 0 Å². The van der Waals surface area contributed by atoms with Crippen LogP contribution in [0.1, 0.15) is 34.9 Å². The van der Waals surface area contributed by atoms with E-state index >= 15 is 0 Å². The van der Waals surface area contributed by atoms with Gasteiger partial charge in [0.05, 0.1) is 31.0 Å². The van der Waals surface area contributed by atoms with Gasteiger partial charge in [-0.15, -0.1) is 0 Å². The maximum Gasteiger partial charge on any atom is 0.183 e. The number of fused-ring (bicyclic) bond motifs is 2. The maximum atomic E-state index is 13.0. The largest absolute Gasteiger partial charge is 0.493 e. The fourth-order valence-corrected chi connectivity index (χ4v) is 3.47. The van der Waals surface area contributed by atoms with E-state index in [9.17, 15) is 4.79 Å². The molecule has 2 aromatic carbocycles. The topological polar surface area (TPSA) is 57.3 Å². The van der Waals surface area contributed by atoms with Gasteiger partial charge in [-0.05, 0) is 43.2 Å². The van der Waals surface area contributed by atoms with Crippen molar-refractivity contribution in [3.63, 3.8) is 0 Å². The summed E-state index contributed by atoms with van der Waals surface area (Å²) in [4.78, 5) is 17.4. The zero-order valence-corrected chi connectivity index (χ0v) is 14.4. The molecule has 0 bridgehead atoms. The van der Waals surface area contributed by atoms with Gasteiger partial charge < -0.3 is 13.7 Å². The summed E-state index contributed by atoms with van der Waals surface area (Å²) < 4.78 is 13.3. The Hall–Kier alpha value is -3.08. The molecule has 0 atom stereocenters. The van der Waals surface area contributed by atoms with Gasteiger partial charge in [0.1, 0.15) is 5.76 Å². The third-order valence-corrected chi connectivity index (χ3v) is 5.01. The second-order valence-corrected chi connectivity index (χ2v) is 6.77. The molecule has 1 fully saturated rings. The number of methoxy groups -OCH3 is 1. The number of nitrogens with zero attached hydrogens (tertiary/aromatic N) is 2. The van der Waals surface area contributed by atoms with Gasteiger partial charge in [0.25, 0.3) is 0 Å². The Morgan fingerprint density at radius 2 is 2.12 bits per heavy atom. The van der Waals surface area contributed by atoms with Gasteiger partial charge in [-0.1, -0.05) is 12.1 Å². The number of rotatable bonds is 5. The number of ketones is 1. The number of para-hydroxylation sites is 2. The van der Waals surface area contributed by atoms with Crippen molar-refractivity contribution in [3.05, 3.63) is 60.1 Å². The predicted molar refractivity (Wildman–Crippen MR) is 98.8 cm³/mol. The number of furan rings is 1.